The molecule has 2 heterocycles. The minimum atomic E-state index is 0.0579. The summed E-state index contributed by atoms with van der Waals surface area (Å²) in [5.41, 5.74) is 8.25. The minimum Gasteiger partial charge on any atom is -0.402 e. The van der Waals surface area contributed by atoms with E-state index in [9.17, 15) is 0 Å². The second-order valence-corrected chi connectivity index (χ2v) is 4.57. The van der Waals surface area contributed by atoms with E-state index in [4.69, 9.17) is 10.2 Å². The lowest BCUT2D eigenvalue weighted by Crippen LogP contribution is -1.91. The Labute approximate surface area is 105 Å². The highest BCUT2D eigenvalue weighted by Gasteiger charge is 2.16. The van der Waals surface area contributed by atoms with Crippen LogP contribution in [0.1, 0.15) is 11.3 Å². The Morgan fingerprint density at radius 1 is 1.31 bits per heavy atom. The zero-order chi connectivity index (χ0) is 11.1. The Morgan fingerprint density at radius 3 is 2.94 bits per heavy atom. The molecule has 16 heavy (non-hydrogen) atoms. The first-order valence-corrected chi connectivity index (χ1v) is 5.77. The van der Waals surface area contributed by atoms with Crippen LogP contribution < -0.4 is 5.73 Å². The molecule has 2 aromatic heterocycles. The number of nitrogen functional groups attached to an aromatic ring is 1. The highest BCUT2D eigenvalue weighted by Crippen LogP contribution is 2.32. The van der Waals surface area contributed by atoms with E-state index in [1.54, 1.807) is 0 Å². The smallest absolute Gasteiger partial charge is 0.313 e. The third-order valence-electron chi connectivity index (χ3n) is 2.37. The quantitative estimate of drug-likeness (QED) is 0.812. The molecule has 0 aliphatic heterocycles. The Morgan fingerprint density at radius 2 is 2.19 bits per heavy atom. The molecule has 3 rings (SSSR count). The Balaban J connectivity index is 2.10. The first kappa shape index (κ1) is 9.76. The maximum absolute atomic E-state index is 5.38. The number of fused-ring (bicyclic) bond motifs is 1. The van der Waals surface area contributed by atoms with Crippen LogP contribution in [-0.2, 0) is 6.42 Å². The first-order valence-electron chi connectivity index (χ1n) is 4.69. The van der Waals surface area contributed by atoms with Crippen LogP contribution in [0, 0.1) is 0 Å². The predicted octanol–water partition coefficient (Wildman–Crippen LogP) is 2.05. The molecular formula is C10H7IN4O. The molecule has 2 N–H and O–H groups in total. The molecule has 0 fully saturated rings. The molecule has 0 bridgehead atoms. The highest BCUT2D eigenvalue weighted by molar-refractivity contribution is 14.1. The molecule has 1 aliphatic rings. The van der Waals surface area contributed by atoms with Crippen molar-refractivity contribution in [2.24, 2.45) is 0 Å². The van der Waals surface area contributed by atoms with E-state index >= 15 is 0 Å². The van der Waals surface area contributed by atoms with E-state index in [0.29, 0.717) is 11.6 Å². The van der Waals surface area contributed by atoms with Gasteiger partial charge in [-0.05, 0) is 40.6 Å². The summed E-state index contributed by atoms with van der Waals surface area (Å²) in [7, 11) is 0. The van der Waals surface area contributed by atoms with Gasteiger partial charge in [-0.25, -0.2) is 4.98 Å². The van der Waals surface area contributed by atoms with Crippen molar-refractivity contribution in [3.8, 4) is 11.6 Å². The number of anilines is 1. The summed E-state index contributed by atoms with van der Waals surface area (Å²) >= 11 is 2.27. The fourth-order valence-electron chi connectivity index (χ4n) is 1.61. The van der Waals surface area contributed by atoms with E-state index < -0.39 is 0 Å². The van der Waals surface area contributed by atoms with Crippen molar-refractivity contribution in [1.29, 1.82) is 0 Å². The van der Waals surface area contributed by atoms with Gasteiger partial charge in [0.1, 0.15) is 5.69 Å². The number of nitrogens with two attached hydrogens (primary N) is 1. The standard InChI is InChI=1S/C10H7IN4O/c11-6-3-1-5-2-4-7(13-8(5)6)9-14-15-10(12)16-9/h2-4H,1H2,(H2,12,15). The fourth-order valence-corrected chi connectivity index (χ4v) is 2.30. The van der Waals surface area contributed by atoms with Crippen LogP contribution in [0.3, 0.4) is 0 Å². The van der Waals surface area contributed by atoms with E-state index in [-0.39, 0.29) is 6.01 Å². The average molecular weight is 326 g/mol. The Kier molecular flexibility index (Phi) is 2.16. The van der Waals surface area contributed by atoms with Crippen molar-refractivity contribution in [1.82, 2.24) is 15.2 Å². The lowest BCUT2D eigenvalue weighted by Gasteiger charge is -2.00. The first-order chi connectivity index (χ1) is 7.74. The molecule has 2 aromatic rings. The van der Waals surface area contributed by atoms with Gasteiger partial charge in [0.2, 0.25) is 0 Å². The molecule has 80 valence electrons. The maximum atomic E-state index is 5.38. The number of rotatable bonds is 1. The van der Waals surface area contributed by atoms with Gasteiger partial charge < -0.3 is 10.2 Å². The summed E-state index contributed by atoms with van der Waals surface area (Å²) in [6.07, 6.45) is 3.08. The van der Waals surface area contributed by atoms with Crippen LogP contribution in [0.4, 0.5) is 6.01 Å². The average Bonchev–Trinajstić information content (AvgIpc) is 2.86. The second kappa shape index (κ2) is 3.55. The summed E-state index contributed by atoms with van der Waals surface area (Å²) in [6.45, 7) is 0. The molecule has 0 aromatic carbocycles. The molecule has 0 saturated heterocycles. The van der Waals surface area contributed by atoms with Gasteiger partial charge in [-0.2, -0.15) is 0 Å². The van der Waals surface area contributed by atoms with Crippen molar-refractivity contribution < 1.29 is 4.42 Å². The van der Waals surface area contributed by atoms with Gasteiger partial charge in [-0.15, -0.1) is 5.10 Å². The number of hydrogen-bond acceptors (Lipinski definition) is 5. The number of aromatic nitrogens is 3. The molecule has 0 radical (unpaired) electrons. The van der Waals surface area contributed by atoms with Crippen LogP contribution in [0.2, 0.25) is 0 Å². The van der Waals surface area contributed by atoms with Gasteiger partial charge in [0.05, 0.1) is 5.69 Å². The largest absolute Gasteiger partial charge is 0.402 e. The summed E-state index contributed by atoms with van der Waals surface area (Å²) < 4.78 is 6.29. The van der Waals surface area contributed by atoms with Gasteiger partial charge in [0.15, 0.2) is 0 Å². The molecule has 6 heteroatoms. The lowest BCUT2D eigenvalue weighted by atomic mass is 10.2. The van der Waals surface area contributed by atoms with Gasteiger partial charge in [0.25, 0.3) is 5.89 Å². The minimum absolute atomic E-state index is 0.0579. The van der Waals surface area contributed by atoms with E-state index in [0.717, 1.165) is 15.7 Å². The maximum Gasteiger partial charge on any atom is 0.313 e. The summed E-state index contributed by atoms with van der Waals surface area (Å²) in [5.74, 6) is 0.358. The van der Waals surface area contributed by atoms with Gasteiger partial charge >= 0.3 is 6.01 Å². The number of nitrogens with zero attached hydrogens (tertiary/aromatic N) is 3. The summed E-state index contributed by atoms with van der Waals surface area (Å²) in [6, 6.07) is 3.96. The zero-order valence-electron chi connectivity index (χ0n) is 8.14. The van der Waals surface area contributed by atoms with E-state index in [1.807, 2.05) is 12.1 Å². The van der Waals surface area contributed by atoms with Crippen molar-refractivity contribution in [3.63, 3.8) is 0 Å². The summed E-state index contributed by atoms with van der Waals surface area (Å²) in [5, 5.41) is 7.42. The Bertz CT molecular complexity index is 590. The highest BCUT2D eigenvalue weighted by atomic mass is 127. The van der Waals surface area contributed by atoms with Crippen LogP contribution in [0.5, 0.6) is 0 Å². The molecule has 0 unspecified atom stereocenters. The van der Waals surface area contributed by atoms with Gasteiger partial charge in [0, 0.05) is 3.58 Å². The molecule has 0 spiro atoms. The summed E-state index contributed by atoms with van der Waals surface area (Å²) in [4.78, 5) is 4.49. The predicted molar refractivity (Wildman–Crippen MR) is 67.6 cm³/mol. The molecule has 0 atom stereocenters. The number of allylic oxidation sites excluding steroid dienone is 1. The van der Waals surface area contributed by atoms with Crippen LogP contribution in [0.25, 0.3) is 15.2 Å². The van der Waals surface area contributed by atoms with Crippen LogP contribution in [-0.4, -0.2) is 15.2 Å². The Hall–Kier alpha value is -1.44. The second-order valence-electron chi connectivity index (χ2n) is 3.41. The third kappa shape index (κ3) is 1.49. The molecule has 0 amide bonds. The fraction of sp³-hybridized carbons (Fsp3) is 0.100. The third-order valence-corrected chi connectivity index (χ3v) is 3.32. The van der Waals surface area contributed by atoms with Crippen molar-refractivity contribution in [2.75, 3.05) is 5.73 Å². The normalized spacial score (nSPS) is 13.7. The molecule has 1 aliphatic carbocycles. The van der Waals surface area contributed by atoms with Crippen molar-refractivity contribution in [3.05, 3.63) is 29.5 Å². The van der Waals surface area contributed by atoms with E-state index in [2.05, 4.69) is 43.8 Å². The van der Waals surface area contributed by atoms with Gasteiger partial charge in [-0.3, -0.25) is 0 Å². The zero-order valence-corrected chi connectivity index (χ0v) is 10.3. The van der Waals surface area contributed by atoms with Crippen LogP contribution in [0.15, 0.2) is 22.6 Å². The van der Waals surface area contributed by atoms with Gasteiger partial charge in [-0.1, -0.05) is 17.2 Å². The SMILES string of the molecule is Nc1nnc(-c2ccc3c(n2)C(I)=CC3)o1. The van der Waals surface area contributed by atoms with Crippen LogP contribution >= 0.6 is 22.6 Å². The number of pyridine rings is 1. The lowest BCUT2D eigenvalue weighted by molar-refractivity contribution is 0.587. The van der Waals surface area contributed by atoms with E-state index in [1.165, 1.54) is 5.56 Å². The molecule has 0 saturated carbocycles. The monoisotopic (exact) mass is 326 g/mol. The van der Waals surface area contributed by atoms with Crippen molar-refractivity contribution in [2.45, 2.75) is 6.42 Å². The molecule has 5 nitrogen and oxygen atoms in total. The number of halogens is 1. The number of hydrogen-bond donors (Lipinski definition) is 1. The topological polar surface area (TPSA) is 77.8 Å². The molecular weight excluding hydrogens is 319 g/mol. The van der Waals surface area contributed by atoms with Crippen molar-refractivity contribution >= 4 is 32.2 Å².